The van der Waals surface area contributed by atoms with Crippen LogP contribution < -0.4 is 0 Å². The van der Waals surface area contributed by atoms with E-state index in [1.165, 1.54) is 0 Å². The van der Waals surface area contributed by atoms with E-state index in [-0.39, 0.29) is 18.6 Å². The van der Waals surface area contributed by atoms with Crippen LogP contribution in [-0.2, 0) is 0 Å². The summed E-state index contributed by atoms with van der Waals surface area (Å²) in [5.41, 5.74) is 1.38. The standard InChI is InChI=1S/C17H22N2O3/c1-2-13(11-20)18-7-9-19(10-8-18)17(21)15-12-22-16-6-4-3-5-14(15)16/h3-6,12-13,20H,2,7-11H2,1H3. The van der Waals surface area contributed by atoms with Crippen LogP contribution in [0.1, 0.15) is 23.7 Å². The number of amides is 1. The first kappa shape index (κ1) is 15.1. The van der Waals surface area contributed by atoms with E-state index in [0.717, 1.165) is 30.5 Å². The Morgan fingerprint density at radius 1 is 1.27 bits per heavy atom. The molecule has 1 N–H and O–H groups in total. The van der Waals surface area contributed by atoms with Crippen molar-refractivity contribution in [1.82, 2.24) is 9.80 Å². The maximum absolute atomic E-state index is 12.7. The molecule has 3 rings (SSSR count). The number of furan rings is 1. The maximum Gasteiger partial charge on any atom is 0.257 e. The number of carbonyl (C=O) groups excluding carboxylic acids is 1. The van der Waals surface area contributed by atoms with Crippen molar-refractivity contribution in [1.29, 1.82) is 0 Å². The van der Waals surface area contributed by atoms with Gasteiger partial charge >= 0.3 is 0 Å². The largest absolute Gasteiger partial charge is 0.463 e. The highest BCUT2D eigenvalue weighted by atomic mass is 16.3. The van der Waals surface area contributed by atoms with Gasteiger partial charge in [-0.1, -0.05) is 25.1 Å². The Labute approximate surface area is 130 Å². The van der Waals surface area contributed by atoms with Gasteiger partial charge in [-0.2, -0.15) is 0 Å². The van der Waals surface area contributed by atoms with E-state index in [0.29, 0.717) is 18.7 Å². The number of rotatable bonds is 4. The van der Waals surface area contributed by atoms with Crippen LogP contribution in [0.5, 0.6) is 0 Å². The van der Waals surface area contributed by atoms with Gasteiger partial charge in [0.1, 0.15) is 11.8 Å². The molecule has 2 heterocycles. The van der Waals surface area contributed by atoms with Crippen LogP contribution in [0.4, 0.5) is 0 Å². The maximum atomic E-state index is 12.7. The highest BCUT2D eigenvalue weighted by Gasteiger charge is 2.27. The molecular formula is C17H22N2O3. The summed E-state index contributed by atoms with van der Waals surface area (Å²) in [4.78, 5) is 16.8. The first-order valence-corrected chi connectivity index (χ1v) is 7.85. The van der Waals surface area contributed by atoms with Gasteiger partial charge in [-0.05, 0) is 12.5 Å². The van der Waals surface area contributed by atoms with Gasteiger partial charge in [0, 0.05) is 37.6 Å². The number of carbonyl (C=O) groups is 1. The summed E-state index contributed by atoms with van der Waals surface area (Å²) in [6.45, 7) is 5.25. The minimum Gasteiger partial charge on any atom is -0.463 e. The van der Waals surface area contributed by atoms with Crippen molar-refractivity contribution in [2.75, 3.05) is 32.8 Å². The molecule has 0 radical (unpaired) electrons. The normalized spacial score (nSPS) is 17.8. The summed E-state index contributed by atoms with van der Waals surface area (Å²) in [6, 6.07) is 7.81. The number of hydrogen-bond donors (Lipinski definition) is 1. The summed E-state index contributed by atoms with van der Waals surface area (Å²) < 4.78 is 5.46. The molecule has 5 heteroatoms. The van der Waals surface area contributed by atoms with E-state index in [4.69, 9.17) is 4.42 Å². The molecule has 0 saturated carbocycles. The van der Waals surface area contributed by atoms with Crippen LogP contribution in [0.2, 0.25) is 0 Å². The van der Waals surface area contributed by atoms with Crippen LogP contribution in [0, 0.1) is 0 Å². The molecule has 1 amide bonds. The molecule has 1 atom stereocenters. The molecule has 1 aliphatic rings. The molecule has 1 saturated heterocycles. The summed E-state index contributed by atoms with van der Waals surface area (Å²) in [7, 11) is 0. The molecule has 5 nitrogen and oxygen atoms in total. The molecule has 1 aromatic heterocycles. The van der Waals surface area contributed by atoms with Gasteiger partial charge in [0.05, 0.1) is 12.2 Å². The first-order chi connectivity index (χ1) is 10.7. The van der Waals surface area contributed by atoms with Gasteiger partial charge in [-0.25, -0.2) is 0 Å². The molecule has 2 aromatic rings. The average molecular weight is 302 g/mol. The Kier molecular flexibility index (Phi) is 4.45. The molecule has 1 fully saturated rings. The van der Waals surface area contributed by atoms with E-state index in [2.05, 4.69) is 11.8 Å². The predicted octanol–water partition coefficient (Wildman–Crippen LogP) is 1.96. The first-order valence-electron chi connectivity index (χ1n) is 7.85. The minimum atomic E-state index is 0.0293. The molecule has 0 spiro atoms. The second-order valence-electron chi connectivity index (χ2n) is 5.72. The van der Waals surface area contributed by atoms with E-state index in [9.17, 15) is 9.90 Å². The second-order valence-corrected chi connectivity index (χ2v) is 5.72. The summed E-state index contributed by atoms with van der Waals surface area (Å²) >= 11 is 0. The monoisotopic (exact) mass is 302 g/mol. The van der Waals surface area contributed by atoms with Gasteiger partial charge in [0.25, 0.3) is 5.91 Å². The van der Waals surface area contributed by atoms with E-state index < -0.39 is 0 Å². The average Bonchev–Trinajstić information content (AvgIpc) is 3.00. The Balaban J connectivity index is 1.70. The highest BCUT2D eigenvalue weighted by molar-refractivity contribution is 6.05. The number of aliphatic hydroxyl groups is 1. The number of fused-ring (bicyclic) bond motifs is 1. The molecule has 1 aliphatic heterocycles. The minimum absolute atomic E-state index is 0.0293. The number of benzene rings is 1. The zero-order valence-corrected chi connectivity index (χ0v) is 12.9. The number of aliphatic hydroxyl groups excluding tert-OH is 1. The Morgan fingerprint density at radius 3 is 2.68 bits per heavy atom. The van der Waals surface area contributed by atoms with Crippen molar-refractivity contribution in [3.8, 4) is 0 Å². The number of nitrogens with zero attached hydrogens (tertiary/aromatic N) is 2. The quantitative estimate of drug-likeness (QED) is 0.938. The van der Waals surface area contributed by atoms with Gasteiger partial charge in [0.15, 0.2) is 0 Å². The lowest BCUT2D eigenvalue weighted by atomic mass is 10.1. The van der Waals surface area contributed by atoms with E-state index in [1.807, 2.05) is 29.2 Å². The van der Waals surface area contributed by atoms with Crippen molar-refractivity contribution in [2.24, 2.45) is 0 Å². The summed E-state index contributed by atoms with van der Waals surface area (Å²) in [6.07, 6.45) is 2.48. The van der Waals surface area contributed by atoms with Gasteiger partial charge in [0.2, 0.25) is 0 Å². The molecular weight excluding hydrogens is 280 g/mol. The van der Waals surface area contributed by atoms with Crippen molar-refractivity contribution < 1.29 is 14.3 Å². The van der Waals surface area contributed by atoms with E-state index >= 15 is 0 Å². The fourth-order valence-corrected chi connectivity index (χ4v) is 3.11. The van der Waals surface area contributed by atoms with E-state index in [1.54, 1.807) is 6.26 Å². The topological polar surface area (TPSA) is 56.9 Å². The van der Waals surface area contributed by atoms with Crippen LogP contribution in [0.15, 0.2) is 34.9 Å². The third-order valence-electron chi connectivity index (χ3n) is 4.51. The van der Waals surface area contributed by atoms with Crippen molar-refractivity contribution >= 4 is 16.9 Å². The van der Waals surface area contributed by atoms with Gasteiger partial charge < -0.3 is 14.4 Å². The lowest BCUT2D eigenvalue weighted by Crippen LogP contribution is -2.52. The smallest absolute Gasteiger partial charge is 0.257 e. The fraction of sp³-hybridized carbons (Fsp3) is 0.471. The Morgan fingerprint density at radius 2 is 2.00 bits per heavy atom. The number of para-hydroxylation sites is 1. The summed E-state index contributed by atoms with van der Waals surface area (Å²) in [5, 5.41) is 10.3. The molecule has 118 valence electrons. The Bertz CT molecular complexity index is 640. The molecule has 0 aliphatic carbocycles. The molecule has 0 bridgehead atoms. The third-order valence-corrected chi connectivity index (χ3v) is 4.51. The van der Waals surface area contributed by atoms with Crippen LogP contribution in [-0.4, -0.2) is 59.6 Å². The SMILES string of the molecule is CCC(CO)N1CCN(C(=O)c2coc3ccccc23)CC1. The van der Waals surface area contributed by atoms with Crippen molar-refractivity contribution in [3.05, 3.63) is 36.1 Å². The number of piperazine rings is 1. The third kappa shape index (κ3) is 2.74. The number of hydrogen-bond acceptors (Lipinski definition) is 4. The van der Waals surface area contributed by atoms with Crippen LogP contribution in [0.25, 0.3) is 11.0 Å². The Hall–Kier alpha value is -1.85. The zero-order valence-electron chi connectivity index (χ0n) is 12.9. The lowest BCUT2D eigenvalue weighted by molar-refractivity contribution is 0.0473. The summed E-state index contributed by atoms with van der Waals surface area (Å²) in [5.74, 6) is 0.0293. The fourth-order valence-electron chi connectivity index (χ4n) is 3.11. The van der Waals surface area contributed by atoms with Crippen molar-refractivity contribution in [2.45, 2.75) is 19.4 Å². The van der Waals surface area contributed by atoms with Crippen LogP contribution >= 0.6 is 0 Å². The molecule has 1 aromatic carbocycles. The lowest BCUT2D eigenvalue weighted by Gasteiger charge is -2.38. The molecule has 22 heavy (non-hydrogen) atoms. The van der Waals surface area contributed by atoms with Crippen molar-refractivity contribution in [3.63, 3.8) is 0 Å². The zero-order chi connectivity index (χ0) is 15.5. The van der Waals surface area contributed by atoms with Gasteiger partial charge in [-0.15, -0.1) is 0 Å². The molecule has 1 unspecified atom stereocenters. The van der Waals surface area contributed by atoms with Gasteiger partial charge in [-0.3, -0.25) is 9.69 Å². The van der Waals surface area contributed by atoms with Crippen LogP contribution in [0.3, 0.4) is 0 Å². The highest BCUT2D eigenvalue weighted by Crippen LogP contribution is 2.22. The predicted molar refractivity (Wildman–Crippen MR) is 84.9 cm³/mol. The second kappa shape index (κ2) is 6.50.